The predicted molar refractivity (Wildman–Crippen MR) is 127 cm³/mol. The maximum absolute atomic E-state index is 13.3. The van der Waals surface area contributed by atoms with Gasteiger partial charge in [-0.2, -0.15) is 0 Å². The summed E-state index contributed by atoms with van der Waals surface area (Å²) in [5, 5.41) is 1.70. The van der Waals surface area contributed by atoms with E-state index in [9.17, 15) is 4.79 Å². The van der Waals surface area contributed by atoms with Crippen molar-refractivity contribution in [3.8, 4) is 11.5 Å². The number of hydrogen-bond acceptors (Lipinski definition) is 3. The van der Waals surface area contributed by atoms with Crippen molar-refractivity contribution >= 4 is 28.4 Å². The lowest BCUT2D eigenvalue weighted by Crippen LogP contribution is -2.38. The molecule has 0 fully saturated rings. The summed E-state index contributed by atoms with van der Waals surface area (Å²) < 4.78 is 11.1. The van der Waals surface area contributed by atoms with Gasteiger partial charge in [-0.05, 0) is 55.0 Å². The molecule has 0 saturated carbocycles. The number of aromatic amines is 1. The van der Waals surface area contributed by atoms with Crippen LogP contribution in [0, 0.1) is 0 Å². The van der Waals surface area contributed by atoms with E-state index < -0.39 is 0 Å². The summed E-state index contributed by atoms with van der Waals surface area (Å²) in [6.07, 6.45) is 1.98. The van der Waals surface area contributed by atoms with Gasteiger partial charge in [0.25, 0.3) is 5.91 Å². The SMILES string of the molecule is CCN(C(=O)COc1ccc(Cl)cc1)[C@H](c1ccc(OC)cc1)c1c[nH]c2ccccc12. The molecule has 0 bridgehead atoms. The second kappa shape index (κ2) is 9.79. The number of hydrogen-bond donors (Lipinski definition) is 1. The largest absolute Gasteiger partial charge is 0.497 e. The Morgan fingerprint density at radius 3 is 2.38 bits per heavy atom. The molecule has 1 atom stereocenters. The topological polar surface area (TPSA) is 54.6 Å². The van der Waals surface area contributed by atoms with Crippen LogP contribution in [0.1, 0.15) is 24.1 Å². The molecule has 0 radical (unpaired) electrons. The number of nitrogens with one attached hydrogen (secondary N) is 1. The Labute approximate surface area is 192 Å². The average Bonchev–Trinajstić information content (AvgIpc) is 3.26. The number of methoxy groups -OCH3 is 1. The number of ether oxygens (including phenoxy) is 2. The third-order valence-corrected chi connectivity index (χ3v) is 5.75. The van der Waals surface area contributed by atoms with Crippen LogP contribution in [0.2, 0.25) is 5.02 Å². The molecular weight excluding hydrogens is 424 g/mol. The van der Waals surface area contributed by atoms with Crippen LogP contribution in [-0.4, -0.2) is 36.1 Å². The van der Waals surface area contributed by atoms with Crippen LogP contribution in [0.3, 0.4) is 0 Å². The predicted octanol–water partition coefficient (Wildman–Crippen LogP) is 5.85. The molecule has 164 valence electrons. The maximum atomic E-state index is 13.3. The van der Waals surface area contributed by atoms with E-state index in [1.165, 1.54) is 0 Å². The van der Waals surface area contributed by atoms with Gasteiger partial charge in [-0.15, -0.1) is 0 Å². The van der Waals surface area contributed by atoms with Gasteiger partial charge < -0.3 is 19.4 Å². The Hall–Kier alpha value is -3.44. The van der Waals surface area contributed by atoms with Gasteiger partial charge in [0.1, 0.15) is 11.5 Å². The third kappa shape index (κ3) is 4.58. The van der Waals surface area contributed by atoms with E-state index in [0.717, 1.165) is 27.8 Å². The standard InChI is InChI=1S/C26H25ClN2O3/c1-3-29(25(30)17-32-21-14-10-19(27)11-15-21)26(18-8-12-20(31-2)13-9-18)23-16-28-24-7-5-4-6-22(23)24/h4-16,26,28H,3,17H2,1-2H3/t26-/m1/s1. The van der Waals surface area contributed by atoms with E-state index in [4.69, 9.17) is 21.1 Å². The molecule has 32 heavy (non-hydrogen) atoms. The summed E-state index contributed by atoms with van der Waals surface area (Å²) in [5.74, 6) is 1.27. The maximum Gasteiger partial charge on any atom is 0.261 e. The lowest BCUT2D eigenvalue weighted by Gasteiger charge is -2.31. The Balaban J connectivity index is 1.68. The molecule has 0 aliphatic carbocycles. The van der Waals surface area contributed by atoms with Gasteiger partial charge in [0.15, 0.2) is 6.61 Å². The number of rotatable bonds is 8. The fourth-order valence-corrected chi connectivity index (χ4v) is 4.02. The summed E-state index contributed by atoms with van der Waals surface area (Å²) >= 11 is 5.94. The van der Waals surface area contributed by atoms with Gasteiger partial charge in [-0.1, -0.05) is 41.9 Å². The van der Waals surface area contributed by atoms with Crippen molar-refractivity contribution < 1.29 is 14.3 Å². The Kier molecular flexibility index (Phi) is 6.66. The third-order valence-electron chi connectivity index (χ3n) is 5.50. The van der Waals surface area contributed by atoms with Crippen LogP contribution in [0.15, 0.2) is 79.0 Å². The van der Waals surface area contributed by atoms with Crippen LogP contribution in [0.4, 0.5) is 0 Å². The number of fused-ring (bicyclic) bond motifs is 1. The molecule has 6 heteroatoms. The summed E-state index contributed by atoms with van der Waals surface area (Å²) in [5.41, 5.74) is 3.06. The van der Waals surface area contributed by atoms with Crippen molar-refractivity contribution in [2.24, 2.45) is 0 Å². The number of nitrogens with zero attached hydrogens (tertiary/aromatic N) is 1. The van der Waals surface area contributed by atoms with Crippen molar-refractivity contribution in [2.75, 3.05) is 20.3 Å². The van der Waals surface area contributed by atoms with Gasteiger partial charge in [0, 0.05) is 34.2 Å². The number of H-pyrrole nitrogens is 1. The molecule has 0 spiro atoms. The average molecular weight is 449 g/mol. The van der Waals surface area contributed by atoms with Gasteiger partial charge in [0.2, 0.25) is 0 Å². The highest BCUT2D eigenvalue weighted by atomic mass is 35.5. The van der Waals surface area contributed by atoms with E-state index in [2.05, 4.69) is 11.1 Å². The smallest absolute Gasteiger partial charge is 0.261 e. The van der Waals surface area contributed by atoms with Crippen molar-refractivity contribution in [3.63, 3.8) is 0 Å². The first kappa shape index (κ1) is 21.8. The van der Waals surface area contributed by atoms with E-state index in [0.29, 0.717) is 17.3 Å². The van der Waals surface area contributed by atoms with Gasteiger partial charge >= 0.3 is 0 Å². The Morgan fingerprint density at radius 1 is 1.00 bits per heavy atom. The minimum atomic E-state index is -0.275. The number of para-hydroxylation sites is 1. The second-order valence-corrected chi connectivity index (χ2v) is 7.82. The molecule has 0 saturated heterocycles. The van der Waals surface area contributed by atoms with E-state index >= 15 is 0 Å². The Bertz CT molecular complexity index is 1190. The fraction of sp³-hybridized carbons (Fsp3) is 0.192. The van der Waals surface area contributed by atoms with Gasteiger partial charge in [0.05, 0.1) is 13.2 Å². The summed E-state index contributed by atoms with van der Waals surface area (Å²) in [6.45, 7) is 2.44. The van der Waals surface area contributed by atoms with Crippen LogP contribution < -0.4 is 9.47 Å². The summed E-state index contributed by atoms with van der Waals surface area (Å²) in [6, 6.07) is 22.7. The van der Waals surface area contributed by atoms with Crippen LogP contribution in [-0.2, 0) is 4.79 Å². The highest BCUT2D eigenvalue weighted by Gasteiger charge is 2.28. The molecule has 4 aromatic rings. The molecule has 1 N–H and O–H groups in total. The van der Waals surface area contributed by atoms with E-state index in [1.54, 1.807) is 31.4 Å². The van der Waals surface area contributed by atoms with Crippen molar-refractivity contribution in [1.29, 1.82) is 0 Å². The molecule has 5 nitrogen and oxygen atoms in total. The van der Waals surface area contributed by atoms with Gasteiger partial charge in [-0.25, -0.2) is 0 Å². The molecule has 0 unspecified atom stereocenters. The molecular formula is C26H25ClN2O3. The number of halogens is 1. The summed E-state index contributed by atoms with van der Waals surface area (Å²) in [4.78, 5) is 18.5. The number of carbonyl (C=O) groups is 1. The first-order chi connectivity index (χ1) is 15.6. The molecule has 1 aromatic heterocycles. The van der Waals surface area contributed by atoms with Crippen molar-refractivity contribution in [3.05, 3.63) is 95.1 Å². The van der Waals surface area contributed by atoms with Crippen LogP contribution >= 0.6 is 11.6 Å². The molecule has 0 aliphatic heterocycles. The number of carbonyl (C=O) groups excluding carboxylic acids is 1. The number of amides is 1. The summed E-state index contributed by atoms with van der Waals surface area (Å²) in [7, 11) is 1.64. The zero-order chi connectivity index (χ0) is 22.5. The van der Waals surface area contributed by atoms with Gasteiger partial charge in [-0.3, -0.25) is 4.79 Å². The van der Waals surface area contributed by atoms with E-state index in [-0.39, 0.29) is 18.6 Å². The number of likely N-dealkylation sites (N-methyl/N-ethyl adjacent to an activating group) is 1. The highest BCUT2D eigenvalue weighted by molar-refractivity contribution is 6.30. The lowest BCUT2D eigenvalue weighted by atomic mass is 9.96. The first-order valence-electron chi connectivity index (χ1n) is 10.5. The van der Waals surface area contributed by atoms with Crippen LogP contribution in [0.25, 0.3) is 10.9 Å². The number of aromatic nitrogens is 1. The highest BCUT2D eigenvalue weighted by Crippen LogP contribution is 2.34. The molecule has 3 aromatic carbocycles. The fourth-order valence-electron chi connectivity index (χ4n) is 3.90. The van der Waals surface area contributed by atoms with Crippen LogP contribution in [0.5, 0.6) is 11.5 Å². The normalized spacial score (nSPS) is 11.8. The van der Waals surface area contributed by atoms with E-state index in [1.807, 2.05) is 60.5 Å². The number of benzene rings is 3. The molecule has 1 amide bonds. The quantitative estimate of drug-likeness (QED) is 0.368. The molecule has 0 aliphatic rings. The lowest BCUT2D eigenvalue weighted by molar-refractivity contribution is -0.134. The first-order valence-corrected chi connectivity index (χ1v) is 10.9. The zero-order valence-corrected chi connectivity index (χ0v) is 18.8. The second-order valence-electron chi connectivity index (χ2n) is 7.39. The minimum absolute atomic E-state index is 0.0650. The molecule has 1 heterocycles. The zero-order valence-electron chi connectivity index (χ0n) is 18.0. The minimum Gasteiger partial charge on any atom is -0.497 e. The Morgan fingerprint density at radius 2 is 1.69 bits per heavy atom. The molecule has 4 rings (SSSR count). The van der Waals surface area contributed by atoms with Crippen molar-refractivity contribution in [2.45, 2.75) is 13.0 Å². The van der Waals surface area contributed by atoms with Crippen molar-refractivity contribution in [1.82, 2.24) is 9.88 Å². The monoisotopic (exact) mass is 448 g/mol.